The monoisotopic (exact) mass is 602 g/mol. The molecule has 1 aromatic carbocycles. The molecule has 1 aliphatic carbocycles. The minimum absolute atomic E-state index is 0.0769. The maximum atomic E-state index is 15.2. The second-order valence-corrected chi connectivity index (χ2v) is 12.1. The molecular weight excluding hydrogens is 568 g/mol. The fraction of sp³-hybridized carbons (Fsp3) is 0.407. The van der Waals surface area contributed by atoms with Gasteiger partial charge >= 0.3 is 0 Å². The van der Waals surface area contributed by atoms with Gasteiger partial charge in [0.1, 0.15) is 35.0 Å². The van der Waals surface area contributed by atoms with Gasteiger partial charge in [-0.05, 0) is 43.1 Å². The zero-order valence-electron chi connectivity index (χ0n) is 25.4. The van der Waals surface area contributed by atoms with Crippen LogP contribution in [0.3, 0.4) is 0 Å². The van der Waals surface area contributed by atoms with Crippen molar-refractivity contribution in [1.82, 2.24) is 30.2 Å². The molecule has 1 saturated carbocycles. The zero-order chi connectivity index (χ0) is 31.8. The van der Waals surface area contributed by atoms with E-state index in [0.717, 1.165) is 19.3 Å². The van der Waals surface area contributed by atoms with Gasteiger partial charge in [0.05, 0.1) is 36.8 Å². The number of hydrogen-bond acceptors (Lipinski definition) is 9. The van der Waals surface area contributed by atoms with Crippen LogP contribution in [0.4, 0.5) is 21.6 Å². The molecule has 3 amide bonds. The minimum atomic E-state index is -0.633. The summed E-state index contributed by atoms with van der Waals surface area (Å²) in [6.07, 6.45) is 3.09. The van der Waals surface area contributed by atoms with Crippen LogP contribution in [0.2, 0.25) is 0 Å². The number of ether oxygens (including phenoxy) is 1. The van der Waals surface area contributed by atoms with Gasteiger partial charge in [0.2, 0.25) is 5.91 Å². The number of carbonyl (C=O) groups is 3. The highest BCUT2D eigenvalue weighted by Gasteiger charge is 2.32. The number of benzene rings is 1. The molecule has 3 heterocycles. The molecule has 4 N–H and O–H groups in total. The number of anilines is 3. The first-order valence-corrected chi connectivity index (χ1v) is 14.5. The van der Waals surface area contributed by atoms with E-state index >= 15 is 4.39 Å². The maximum absolute atomic E-state index is 15.2. The first-order valence-electron chi connectivity index (χ1n) is 14.5. The molecule has 44 heavy (non-hydrogen) atoms. The number of hydrogen-bond donors (Lipinski definition) is 4. The Hall–Kier alpha value is -4.40. The van der Waals surface area contributed by atoms with Crippen LogP contribution in [0, 0.1) is 11.7 Å². The molecule has 1 saturated heterocycles. The summed E-state index contributed by atoms with van der Waals surface area (Å²) < 4.78 is 22.3. The molecule has 228 valence electrons. The molecule has 0 unspecified atom stereocenters. The van der Waals surface area contributed by atoms with Crippen molar-refractivity contribution in [3.05, 3.63) is 41.5 Å². The molecule has 1 aliphatic heterocycles. The Morgan fingerprint density at radius 3 is 2.52 bits per heavy atom. The first kappa shape index (κ1) is 31.0. The van der Waals surface area contributed by atoms with Crippen molar-refractivity contribution < 1.29 is 28.6 Å². The number of halogens is 1. The number of aliphatic hydroxyl groups excluding tert-OH is 1. The second kappa shape index (κ2) is 12.3. The Morgan fingerprint density at radius 1 is 1.11 bits per heavy atom. The Kier molecular flexibility index (Phi) is 8.68. The number of carbonyl (C=O) groups excluding carboxylic acids is 3. The topological polar surface area (TPSA) is 164 Å². The van der Waals surface area contributed by atoms with E-state index in [0.29, 0.717) is 13.0 Å². The lowest BCUT2D eigenvalue weighted by atomic mass is 9.49. The van der Waals surface area contributed by atoms with E-state index < -0.39 is 17.0 Å². The third-order valence-corrected chi connectivity index (χ3v) is 7.45. The van der Waals surface area contributed by atoms with Crippen LogP contribution in [0.15, 0.2) is 24.3 Å². The molecule has 0 spiro atoms. The number of aliphatic hydroxyl groups is 1. The molecule has 0 radical (unpaired) electrons. The van der Waals surface area contributed by atoms with Gasteiger partial charge < -0.3 is 30.7 Å². The van der Waals surface area contributed by atoms with Crippen molar-refractivity contribution in [2.45, 2.75) is 37.0 Å². The summed E-state index contributed by atoms with van der Waals surface area (Å²) in [6, 6.07) is 5.18. The van der Waals surface area contributed by atoms with Crippen LogP contribution in [0.1, 0.15) is 46.7 Å². The number of nitrogens with one attached hydrogen (secondary N) is 3. The number of methoxy groups -OCH3 is 1. The van der Waals surface area contributed by atoms with Crippen LogP contribution in [-0.2, 0) is 11.8 Å². The number of aryl methyl sites for hydroxylation is 1. The fourth-order valence-electron chi connectivity index (χ4n) is 5.17. The van der Waals surface area contributed by atoms with Gasteiger partial charge in [0, 0.05) is 37.2 Å². The summed E-state index contributed by atoms with van der Waals surface area (Å²) in [4.78, 5) is 40.5. The molecule has 17 heteroatoms. The second-order valence-electron chi connectivity index (χ2n) is 12.1. The standard InChI is InChI=1S/C27H34B3FN8O5/c1-38-20(26(43)39-7-3-4-15(39)12-40)10-17(37-38)16-8-14(31)9-19(23(16)44-2)32-18-11-21(33-24(41)13-5-6-13)35-36-22(18)25(42)34-27(28,29)30/h8-11,13,15,40H,3-7,12,28-30H2,1-2H3,(H,34,42)(H2,32,33,35,41)/t15-/m0/s1. The molecule has 5 rings (SSSR count). The molecule has 2 fully saturated rings. The van der Waals surface area contributed by atoms with Crippen LogP contribution in [-0.4, -0.2) is 103 Å². The van der Waals surface area contributed by atoms with Gasteiger partial charge in [0.15, 0.2) is 17.3 Å². The summed E-state index contributed by atoms with van der Waals surface area (Å²) in [5.41, 5.74) is 1.05. The zero-order valence-corrected chi connectivity index (χ0v) is 25.4. The Labute approximate surface area is 256 Å². The van der Waals surface area contributed by atoms with Gasteiger partial charge in [-0.25, -0.2) is 4.39 Å². The predicted octanol–water partition coefficient (Wildman–Crippen LogP) is -1.05. The van der Waals surface area contributed by atoms with E-state index in [9.17, 15) is 19.5 Å². The molecule has 2 aliphatic rings. The quantitative estimate of drug-likeness (QED) is 0.212. The summed E-state index contributed by atoms with van der Waals surface area (Å²) in [6.45, 7) is 0.394. The number of rotatable bonds is 10. The Bertz CT molecular complexity index is 1610. The van der Waals surface area contributed by atoms with Crippen molar-refractivity contribution in [1.29, 1.82) is 0 Å². The summed E-state index contributed by atoms with van der Waals surface area (Å²) in [7, 11) is 8.48. The van der Waals surface area contributed by atoms with E-state index in [-0.39, 0.29) is 76.0 Å². The molecule has 2 aromatic heterocycles. The number of likely N-dealkylation sites (tertiary alicyclic amines) is 1. The highest BCUT2D eigenvalue weighted by atomic mass is 19.1. The lowest BCUT2D eigenvalue weighted by Crippen LogP contribution is -2.50. The number of aromatic nitrogens is 4. The average Bonchev–Trinajstić information content (AvgIpc) is 3.58. The van der Waals surface area contributed by atoms with Crippen molar-refractivity contribution in [2.24, 2.45) is 13.0 Å². The van der Waals surface area contributed by atoms with Gasteiger partial charge in [0.25, 0.3) is 11.8 Å². The van der Waals surface area contributed by atoms with E-state index in [4.69, 9.17) is 4.74 Å². The lowest BCUT2D eigenvalue weighted by molar-refractivity contribution is -0.117. The number of nitrogens with zero attached hydrogens (tertiary/aromatic N) is 5. The lowest BCUT2D eigenvalue weighted by Gasteiger charge is -2.22. The summed E-state index contributed by atoms with van der Waals surface area (Å²) >= 11 is 0. The van der Waals surface area contributed by atoms with Crippen molar-refractivity contribution in [3.63, 3.8) is 0 Å². The summed E-state index contributed by atoms with van der Waals surface area (Å²) in [5.74, 6) is -1.40. The third-order valence-electron chi connectivity index (χ3n) is 7.45. The Balaban J connectivity index is 1.52. The van der Waals surface area contributed by atoms with Crippen LogP contribution in [0.25, 0.3) is 11.3 Å². The molecular formula is C27H34B3FN8O5. The highest BCUT2D eigenvalue weighted by Crippen LogP contribution is 2.39. The predicted molar refractivity (Wildman–Crippen MR) is 169 cm³/mol. The molecule has 13 nitrogen and oxygen atoms in total. The van der Waals surface area contributed by atoms with Gasteiger partial charge in [-0.15, -0.1) is 10.2 Å². The molecule has 1 atom stereocenters. The van der Waals surface area contributed by atoms with Gasteiger partial charge in [-0.3, -0.25) is 19.1 Å². The SMILES string of the molecule is BC(B)(B)NC(=O)c1nnc(NC(=O)C2CC2)cc1Nc1cc(F)cc(-c2cc(C(=O)N3CCC[C@H]3CO)n(C)n2)c1OC. The molecule has 3 aromatic rings. The van der Waals surface area contributed by atoms with Crippen LogP contribution in [0.5, 0.6) is 5.75 Å². The van der Waals surface area contributed by atoms with E-state index in [1.165, 1.54) is 30.0 Å². The third kappa shape index (κ3) is 6.72. The Morgan fingerprint density at radius 2 is 1.86 bits per heavy atom. The fourth-order valence-corrected chi connectivity index (χ4v) is 5.17. The van der Waals surface area contributed by atoms with Crippen LogP contribution < -0.4 is 20.7 Å². The van der Waals surface area contributed by atoms with Crippen molar-refractivity contribution in [3.8, 4) is 17.0 Å². The van der Waals surface area contributed by atoms with Crippen molar-refractivity contribution in [2.75, 3.05) is 30.9 Å². The van der Waals surface area contributed by atoms with E-state index in [1.54, 1.807) is 18.0 Å². The summed E-state index contributed by atoms with van der Waals surface area (Å²) in [5, 5.41) is 30.3. The molecule has 0 bridgehead atoms. The van der Waals surface area contributed by atoms with Crippen LogP contribution >= 0.6 is 0 Å². The smallest absolute Gasteiger partial charge is 0.272 e. The highest BCUT2D eigenvalue weighted by molar-refractivity contribution is 6.60. The number of amides is 3. The van der Waals surface area contributed by atoms with Gasteiger partial charge in [-0.1, -0.05) is 0 Å². The maximum Gasteiger partial charge on any atom is 0.272 e. The largest absolute Gasteiger partial charge is 0.494 e. The van der Waals surface area contributed by atoms with Gasteiger partial charge in [-0.2, -0.15) is 5.10 Å². The average molecular weight is 602 g/mol. The van der Waals surface area contributed by atoms with Crippen molar-refractivity contribution >= 4 is 58.5 Å². The van der Waals surface area contributed by atoms with E-state index in [1.807, 2.05) is 23.5 Å². The normalized spacial score (nSPS) is 16.5. The first-order chi connectivity index (χ1) is 20.9. The minimum Gasteiger partial charge on any atom is -0.494 e. The van der Waals surface area contributed by atoms with E-state index in [2.05, 4.69) is 31.2 Å².